The van der Waals surface area contributed by atoms with E-state index in [0.717, 1.165) is 35.6 Å². The summed E-state index contributed by atoms with van der Waals surface area (Å²) in [7, 11) is 0. The minimum absolute atomic E-state index is 0.0284. The lowest BCUT2D eigenvalue weighted by Crippen LogP contribution is -2.45. The molecule has 182 valence electrons. The van der Waals surface area contributed by atoms with Crippen LogP contribution >= 0.6 is 0 Å². The third-order valence-electron chi connectivity index (χ3n) is 6.75. The number of nitrogens with one attached hydrogen (secondary N) is 2. The number of benzene rings is 3. The topological polar surface area (TPSA) is 78.5 Å². The number of rotatable bonds is 7. The highest BCUT2D eigenvalue weighted by atomic mass is 16.2. The number of nitrogens with zero attached hydrogens (tertiary/aromatic N) is 1. The molecule has 1 heterocycles. The van der Waals surface area contributed by atoms with E-state index in [1.807, 2.05) is 74.5 Å². The second-order valence-electron chi connectivity index (χ2n) is 9.32. The molecule has 2 N–H and O–H groups in total. The number of amides is 3. The molecule has 0 spiro atoms. The fraction of sp³-hybridized carbons (Fsp3) is 0.345. The van der Waals surface area contributed by atoms with Crippen molar-refractivity contribution in [2.45, 2.75) is 45.7 Å². The lowest BCUT2D eigenvalue weighted by Gasteiger charge is -2.32. The van der Waals surface area contributed by atoms with Gasteiger partial charge in [0, 0.05) is 36.8 Å². The van der Waals surface area contributed by atoms with Gasteiger partial charge < -0.3 is 15.5 Å². The standard InChI is InChI=1S/C29H33N3O3/c1-3-20(2)31-28(34)23-12-6-9-21(17-23)18-30-27(33)24-13-8-16-32(19-24)29(35)26-15-7-11-22-10-4-5-14-25(22)26/h4-7,9-12,14-15,17,20,24H,3,8,13,16,18-19H2,1-2H3,(H,30,33)(H,31,34). The van der Waals surface area contributed by atoms with Crippen molar-refractivity contribution in [2.24, 2.45) is 5.92 Å². The van der Waals surface area contributed by atoms with Crippen LogP contribution in [0.25, 0.3) is 10.8 Å². The van der Waals surface area contributed by atoms with Crippen molar-refractivity contribution in [1.29, 1.82) is 0 Å². The van der Waals surface area contributed by atoms with Crippen LogP contribution in [-0.2, 0) is 11.3 Å². The molecule has 1 fully saturated rings. The van der Waals surface area contributed by atoms with E-state index in [1.165, 1.54) is 0 Å². The van der Waals surface area contributed by atoms with Gasteiger partial charge >= 0.3 is 0 Å². The maximum Gasteiger partial charge on any atom is 0.254 e. The van der Waals surface area contributed by atoms with Gasteiger partial charge in [0.1, 0.15) is 0 Å². The van der Waals surface area contributed by atoms with Gasteiger partial charge in [-0.25, -0.2) is 0 Å². The van der Waals surface area contributed by atoms with Crippen LogP contribution in [-0.4, -0.2) is 41.8 Å². The lowest BCUT2D eigenvalue weighted by molar-refractivity contribution is -0.126. The minimum atomic E-state index is -0.250. The normalized spacial score (nSPS) is 16.5. The first-order valence-electron chi connectivity index (χ1n) is 12.4. The average Bonchev–Trinajstić information content (AvgIpc) is 2.91. The molecule has 4 rings (SSSR count). The van der Waals surface area contributed by atoms with Crippen molar-refractivity contribution < 1.29 is 14.4 Å². The van der Waals surface area contributed by atoms with E-state index in [2.05, 4.69) is 10.6 Å². The Morgan fingerprint density at radius 3 is 2.63 bits per heavy atom. The maximum absolute atomic E-state index is 13.3. The third-order valence-corrected chi connectivity index (χ3v) is 6.75. The molecule has 1 aliphatic rings. The van der Waals surface area contributed by atoms with E-state index < -0.39 is 0 Å². The summed E-state index contributed by atoms with van der Waals surface area (Å²) in [5.74, 6) is -0.448. The molecule has 0 aromatic heterocycles. The molecule has 1 aliphatic heterocycles. The van der Waals surface area contributed by atoms with Gasteiger partial charge in [-0.1, -0.05) is 55.5 Å². The zero-order valence-corrected chi connectivity index (χ0v) is 20.4. The van der Waals surface area contributed by atoms with E-state index in [-0.39, 0.29) is 29.7 Å². The molecule has 3 aromatic rings. The van der Waals surface area contributed by atoms with Gasteiger partial charge in [0.25, 0.3) is 11.8 Å². The Morgan fingerprint density at radius 1 is 1.03 bits per heavy atom. The minimum Gasteiger partial charge on any atom is -0.352 e. The van der Waals surface area contributed by atoms with Gasteiger partial charge in [-0.15, -0.1) is 0 Å². The summed E-state index contributed by atoms with van der Waals surface area (Å²) in [5, 5.41) is 7.94. The zero-order valence-electron chi connectivity index (χ0n) is 20.4. The number of carbonyl (C=O) groups excluding carboxylic acids is 3. The number of carbonyl (C=O) groups is 3. The van der Waals surface area contributed by atoms with E-state index in [0.29, 0.717) is 30.8 Å². The van der Waals surface area contributed by atoms with Crippen molar-refractivity contribution in [2.75, 3.05) is 13.1 Å². The summed E-state index contributed by atoms with van der Waals surface area (Å²) in [5.41, 5.74) is 2.13. The molecular formula is C29H33N3O3. The number of hydrogen-bond acceptors (Lipinski definition) is 3. The van der Waals surface area contributed by atoms with Gasteiger partial charge in [-0.3, -0.25) is 14.4 Å². The van der Waals surface area contributed by atoms with E-state index in [1.54, 1.807) is 11.0 Å². The predicted molar refractivity (Wildman–Crippen MR) is 138 cm³/mol. The monoisotopic (exact) mass is 471 g/mol. The van der Waals surface area contributed by atoms with Crippen LogP contribution < -0.4 is 10.6 Å². The quantitative estimate of drug-likeness (QED) is 0.531. The molecule has 3 amide bonds. The van der Waals surface area contributed by atoms with Crippen LogP contribution in [0.1, 0.15) is 59.4 Å². The molecule has 6 heteroatoms. The molecule has 6 nitrogen and oxygen atoms in total. The molecule has 3 aromatic carbocycles. The summed E-state index contributed by atoms with van der Waals surface area (Å²) < 4.78 is 0. The Morgan fingerprint density at radius 2 is 1.80 bits per heavy atom. The lowest BCUT2D eigenvalue weighted by atomic mass is 9.95. The predicted octanol–water partition coefficient (Wildman–Crippen LogP) is 4.54. The second kappa shape index (κ2) is 11.2. The first-order chi connectivity index (χ1) is 17.0. The Labute approximate surface area is 206 Å². The summed E-state index contributed by atoms with van der Waals surface area (Å²) >= 11 is 0. The van der Waals surface area contributed by atoms with Crippen molar-refractivity contribution in [3.05, 3.63) is 83.4 Å². The number of fused-ring (bicyclic) bond motifs is 1. The fourth-order valence-corrected chi connectivity index (χ4v) is 4.52. The molecule has 2 unspecified atom stereocenters. The van der Waals surface area contributed by atoms with Crippen LogP contribution in [0.15, 0.2) is 66.7 Å². The molecule has 0 bridgehead atoms. The Bertz CT molecular complexity index is 1220. The molecular weight excluding hydrogens is 438 g/mol. The number of piperidine rings is 1. The fourth-order valence-electron chi connectivity index (χ4n) is 4.52. The van der Waals surface area contributed by atoms with Crippen molar-refractivity contribution in [3.8, 4) is 0 Å². The van der Waals surface area contributed by atoms with Crippen molar-refractivity contribution in [1.82, 2.24) is 15.5 Å². The van der Waals surface area contributed by atoms with Crippen LogP contribution in [0.2, 0.25) is 0 Å². The molecule has 0 saturated carbocycles. The summed E-state index contributed by atoms with van der Waals surface area (Å²) in [6.45, 7) is 5.40. The SMILES string of the molecule is CCC(C)NC(=O)c1cccc(CNC(=O)C2CCCN(C(=O)c3cccc4ccccc34)C2)c1. The first kappa shape index (κ1) is 24.5. The third kappa shape index (κ3) is 5.88. The van der Waals surface area contributed by atoms with Gasteiger partial charge in [0.05, 0.1) is 5.92 Å². The smallest absolute Gasteiger partial charge is 0.254 e. The Kier molecular flexibility index (Phi) is 7.80. The van der Waals surface area contributed by atoms with Crippen LogP contribution in [0, 0.1) is 5.92 Å². The highest BCUT2D eigenvalue weighted by Crippen LogP contribution is 2.24. The Balaban J connectivity index is 1.37. The molecule has 2 atom stereocenters. The van der Waals surface area contributed by atoms with Crippen LogP contribution in [0.4, 0.5) is 0 Å². The first-order valence-corrected chi connectivity index (χ1v) is 12.4. The molecule has 0 radical (unpaired) electrons. The van der Waals surface area contributed by atoms with Crippen LogP contribution in [0.5, 0.6) is 0 Å². The van der Waals surface area contributed by atoms with Crippen molar-refractivity contribution >= 4 is 28.5 Å². The molecule has 0 aliphatic carbocycles. The largest absolute Gasteiger partial charge is 0.352 e. The van der Waals surface area contributed by atoms with Gasteiger partial charge in [0.15, 0.2) is 0 Å². The van der Waals surface area contributed by atoms with Crippen molar-refractivity contribution in [3.63, 3.8) is 0 Å². The Hall–Kier alpha value is -3.67. The summed E-state index contributed by atoms with van der Waals surface area (Å²) in [6.07, 6.45) is 2.41. The highest BCUT2D eigenvalue weighted by Gasteiger charge is 2.29. The highest BCUT2D eigenvalue weighted by molar-refractivity contribution is 6.07. The van der Waals surface area contributed by atoms with E-state index >= 15 is 0 Å². The van der Waals surface area contributed by atoms with Crippen LogP contribution in [0.3, 0.4) is 0 Å². The summed E-state index contributed by atoms with van der Waals surface area (Å²) in [6, 6.07) is 21.1. The average molecular weight is 472 g/mol. The van der Waals surface area contributed by atoms with E-state index in [9.17, 15) is 14.4 Å². The second-order valence-corrected chi connectivity index (χ2v) is 9.32. The molecule has 1 saturated heterocycles. The van der Waals surface area contributed by atoms with Gasteiger partial charge in [-0.05, 0) is 60.7 Å². The number of likely N-dealkylation sites (tertiary alicyclic amines) is 1. The molecule has 35 heavy (non-hydrogen) atoms. The van der Waals surface area contributed by atoms with Gasteiger partial charge in [0.2, 0.25) is 5.91 Å². The van der Waals surface area contributed by atoms with Gasteiger partial charge in [-0.2, -0.15) is 0 Å². The summed E-state index contributed by atoms with van der Waals surface area (Å²) in [4.78, 5) is 40.5. The maximum atomic E-state index is 13.3. The zero-order chi connectivity index (χ0) is 24.8. The van der Waals surface area contributed by atoms with E-state index in [4.69, 9.17) is 0 Å². The number of hydrogen-bond donors (Lipinski definition) is 2.